The third-order valence-corrected chi connectivity index (χ3v) is 3.49. The number of nitrogens with zero attached hydrogens (tertiary/aromatic N) is 3. The largest absolute Gasteiger partial charge is 0.386 e. The van der Waals surface area contributed by atoms with Gasteiger partial charge in [0.05, 0.1) is 16.9 Å². The quantitative estimate of drug-likeness (QED) is 0.838. The second-order valence-electron chi connectivity index (χ2n) is 6.14. The van der Waals surface area contributed by atoms with E-state index in [1.54, 1.807) is 4.68 Å². The van der Waals surface area contributed by atoms with Gasteiger partial charge in [-0.25, -0.2) is 0 Å². The molecule has 1 aromatic heterocycles. The van der Waals surface area contributed by atoms with Crippen molar-refractivity contribution in [1.29, 1.82) is 0 Å². The van der Waals surface area contributed by atoms with Crippen molar-refractivity contribution in [3.8, 4) is 0 Å². The van der Waals surface area contributed by atoms with Gasteiger partial charge in [-0.2, -0.15) is 0 Å². The first-order valence-electron chi connectivity index (χ1n) is 5.91. The van der Waals surface area contributed by atoms with Crippen molar-refractivity contribution >= 4 is 0 Å². The highest BCUT2D eigenvalue weighted by atomic mass is 16.5. The first kappa shape index (κ1) is 12.5. The zero-order chi connectivity index (χ0) is 12.9. The Labute approximate surface area is 102 Å². The molecule has 0 bridgehead atoms. The number of hydrogen-bond donors (Lipinski definition) is 1. The third-order valence-electron chi connectivity index (χ3n) is 3.49. The summed E-state index contributed by atoms with van der Waals surface area (Å²) in [5, 5.41) is 18.7. The van der Waals surface area contributed by atoms with Crippen molar-refractivity contribution in [3.63, 3.8) is 0 Å². The molecule has 1 aliphatic rings. The predicted molar refractivity (Wildman–Crippen MR) is 63.5 cm³/mol. The van der Waals surface area contributed by atoms with Crippen molar-refractivity contribution in [2.45, 2.75) is 57.3 Å². The molecule has 1 fully saturated rings. The van der Waals surface area contributed by atoms with Gasteiger partial charge in [-0.1, -0.05) is 5.21 Å². The highest BCUT2D eigenvalue weighted by Gasteiger charge is 2.56. The zero-order valence-electron chi connectivity index (χ0n) is 11.2. The molecule has 1 saturated heterocycles. The lowest BCUT2D eigenvalue weighted by molar-refractivity contribution is -0.126. The lowest BCUT2D eigenvalue weighted by atomic mass is 9.79. The van der Waals surface area contributed by atoms with Crippen LogP contribution in [0.25, 0.3) is 0 Å². The Bertz CT molecular complexity index is 425. The summed E-state index contributed by atoms with van der Waals surface area (Å²) in [5.41, 5.74) is -0.981. The van der Waals surface area contributed by atoms with Crippen LogP contribution < -0.4 is 0 Å². The third kappa shape index (κ3) is 2.21. The molecule has 1 N–H and O–H groups in total. The molecule has 1 aliphatic heterocycles. The zero-order valence-corrected chi connectivity index (χ0v) is 11.2. The summed E-state index contributed by atoms with van der Waals surface area (Å²) >= 11 is 0. The second kappa shape index (κ2) is 3.53. The maximum atomic E-state index is 10.8. The lowest BCUT2D eigenvalue weighted by Crippen LogP contribution is -2.48. The molecule has 17 heavy (non-hydrogen) atoms. The number of aryl methyl sites for hydroxylation is 1. The van der Waals surface area contributed by atoms with Crippen LogP contribution in [0.5, 0.6) is 0 Å². The Hall–Kier alpha value is -0.940. The summed E-state index contributed by atoms with van der Waals surface area (Å²) in [6, 6.07) is 0. The molecule has 96 valence electrons. The molecule has 0 radical (unpaired) electrons. The average molecular weight is 239 g/mol. The van der Waals surface area contributed by atoms with Gasteiger partial charge in [0.25, 0.3) is 0 Å². The fraction of sp³-hybridized carbons (Fsp3) is 0.833. The summed E-state index contributed by atoms with van der Waals surface area (Å²) < 4.78 is 7.57. The van der Waals surface area contributed by atoms with Gasteiger partial charge >= 0.3 is 0 Å². The van der Waals surface area contributed by atoms with Gasteiger partial charge in [0.1, 0.15) is 5.60 Å². The number of aliphatic hydroxyl groups is 1. The van der Waals surface area contributed by atoms with Crippen LogP contribution in [0.4, 0.5) is 0 Å². The molecule has 0 saturated carbocycles. The van der Waals surface area contributed by atoms with Gasteiger partial charge < -0.3 is 9.84 Å². The molecule has 0 aromatic carbocycles. The van der Waals surface area contributed by atoms with Crippen LogP contribution in [0, 0.1) is 0 Å². The van der Waals surface area contributed by atoms with E-state index >= 15 is 0 Å². The lowest BCUT2D eigenvalue weighted by Gasteiger charge is -2.34. The normalized spacial score (nSPS) is 30.7. The molecular formula is C12H21N3O2. The number of rotatable bonds is 2. The molecule has 5 heteroatoms. The van der Waals surface area contributed by atoms with E-state index in [0.29, 0.717) is 12.8 Å². The highest BCUT2D eigenvalue weighted by Crippen LogP contribution is 2.46. The van der Waals surface area contributed by atoms with E-state index in [0.717, 1.165) is 5.69 Å². The standard InChI is InChI=1S/C12H21N3O2/c1-10(2)8-12(16,11(3,4)17-10)6-9-7-15(5)14-13-9/h7,16H,6,8H2,1-5H3. The van der Waals surface area contributed by atoms with Crippen LogP contribution in [0.1, 0.15) is 39.8 Å². The molecule has 2 heterocycles. The second-order valence-corrected chi connectivity index (χ2v) is 6.14. The molecule has 0 aliphatic carbocycles. The van der Waals surface area contributed by atoms with Crippen LogP contribution in [-0.2, 0) is 18.2 Å². The molecular weight excluding hydrogens is 218 g/mol. The Balaban J connectivity index is 2.24. The molecule has 1 atom stereocenters. The van der Waals surface area contributed by atoms with E-state index in [-0.39, 0.29) is 5.60 Å². The van der Waals surface area contributed by atoms with Crippen LogP contribution >= 0.6 is 0 Å². The van der Waals surface area contributed by atoms with E-state index in [1.807, 2.05) is 40.9 Å². The summed E-state index contributed by atoms with van der Waals surface area (Å²) in [6.07, 6.45) is 2.90. The number of aromatic nitrogens is 3. The summed E-state index contributed by atoms with van der Waals surface area (Å²) in [6.45, 7) is 7.86. The first-order chi connectivity index (χ1) is 7.64. The molecule has 0 spiro atoms. The summed E-state index contributed by atoms with van der Waals surface area (Å²) in [7, 11) is 1.82. The summed E-state index contributed by atoms with van der Waals surface area (Å²) in [5.74, 6) is 0. The molecule has 1 unspecified atom stereocenters. The van der Waals surface area contributed by atoms with Gasteiger partial charge in [-0.05, 0) is 27.7 Å². The van der Waals surface area contributed by atoms with E-state index < -0.39 is 11.2 Å². The van der Waals surface area contributed by atoms with Gasteiger partial charge in [0.15, 0.2) is 0 Å². The van der Waals surface area contributed by atoms with Crippen molar-refractivity contribution in [2.75, 3.05) is 0 Å². The SMILES string of the molecule is Cn1cc(CC2(O)CC(C)(C)OC2(C)C)nn1. The minimum Gasteiger partial charge on any atom is -0.386 e. The number of hydrogen-bond acceptors (Lipinski definition) is 4. The molecule has 1 aromatic rings. The Morgan fingerprint density at radius 1 is 1.41 bits per heavy atom. The van der Waals surface area contributed by atoms with Crippen molar-refractivity contribution < 1.29 is 9.84 Å². The van der Waals surface area contributed by atoms with Crippen molar-refractivity contribution in [3.05, 3.63) is 11.9 Å². The van der Waals surface area contributed by atoms with Crippen LogP contribution in [-0.4, -0.2) is 36.9 Å². The molecule has 5 nitrogen and oxygen atoms in total. The summed E-state index contributed by atoms with van der Waals surface area (Å²) in [4.78, 5) is 0. The van der Waals surface area contributed by atoms with Gasteiger partial charge in [0.2, 0.25) is 0 Å². The van der Waals surface area contributed by atoms with Crippen molar-refractivity contribution in [1.82, 2.24) is 15.0 Å². The topological polar surface area (TPSA) is 60.2 Å². The average Bonchev–Trinajstić information content (AvgIpc) is 2.52. The molecule has 0 amide bonds. The molecule has 2 rings (SSSR count). The maximum absolute atomic E-state index is 10.8. The minimum atomic E-state index is -0.896. The fourth-order valence-corrected chi connectivity index (χ4v) is 2.79. The van der Waals surface area contributed by atoms with E-state index in [9.17, 15) is 5.11 Å². The monoisotopic (exact) mass is 239 g/mol. The van der Waals surface area contributed by atoms with Gasteiger partial charge in [-0.15, -0.1) is 5.10 Å². The Morgan fingerprint density at radius 2 is 2.06 bits per heavy atom. The highest BCUT2D eigenvalue weighted by molar-refractivity contribution is 5.12. The fourth-order valence-electron chi connectivity index (χ4n) is 2.79. The van der Waals surface area contributed by atoms with Crippen LogP contribution in [0.2, 0.25) is 0 Å². The van der Waals surface area contributed by atoms with Gasteiger partial charge in [0, 0.05) is 26.1 Å². The van der Waals surface area contributed by atoms with E-state index in [4.69, 9.17) is 4.74 Å². The minimum absolute atomic E-state index is 0.305. The van der Waals surface area contributed by atoms with Gasteiger partial charge in [-0.3, -0.25) is 4.68 Å². The van der Waals surface area contributed by atoms with Crippen LogP contribution in [0.3, 0.4) is 0 Å². The maximum Gasteiger partial charge on any atom is 0.101 e. The van der Waals surface area contributed by atoms with E-state index in [1.165, 1.54) is 0 Å². The predicted octanol–water partition coefficient (Wildman–Crippen LogP) is 1.07. The van der Waals surface area contributed by atoms with Crippen LogP contribution in [0.15, 0.2) is 6.20 Å². The first-order valence-corrected chi connectivity index (χ1v) is 5.91. The smallest absolute Gasteiger partial charge is 0.101 e. The Morgan fingerprint density at radius 3 is 2.47 bits per heavy atom. The number of ether oxygens (including phenoxy) is 1. The van der Waals surface area contributed by atoms with Crippen molar-refractivity contribution in [2.24, 2.45) is 7.05 Å². The Kier molecular flexibility index (Phi) is 2.60. The van der Waals surface area contributed by atoms with E-state index in [2.05, 4.69) is 10.3 Å².